The predicted molar refractivity (Wildman–Crippen MR) is 81.1 cm³/mol. The summed E-state index contributed by atoms with van der Waals surface area (Å²) in [4.78, 5) is 30.8. The summed E-state index contributed by atoms with van der Waals surface area (Å²) in [6.45, 7) is 0. The number of hydrogen-bond acceptors (Lipinski definition) is 3. The van der Waals surface area contributed by atoms with E-state index in [0.717, 1.165) is 0 Å². The molecule has 22 heavy (non-hydrogen) atoms. The second-order valence-corrected chi connectivity index (χ2v) is 4.76. The molecule has 0 spiro atoms. The van der Waals surface area contributed by atoms with Crippen molar-refractivity contribution in [1.29, 1.82) is 0 Å². The first-order chi connectivity index (χ1) is 10.6. The minimum absolute atomic E-state index is 0.137. The number of hydrogen-bond donors (Lipinski definition) is 2. The Balaban J connectivity index is 1.80. The van der Waals surface area contributed by atoms with E-state index in [1.165, 1.54) is 24.3 Å². The molecule has 0 radical (unpaired) electrons. The lowest BCUT2D eigenvalue weighted by Crippen LogP contribution is -2.22. The highest BCUT2D eigenvalue weighted by atomic mass is 19.1. The second kappa shape index (κ2) is 5.77. The number of anilines is 1. The summed E-state index contributed by atoms with van der Waals surface area (Å²) < 4.78 is 12.8. The zero-order valence-electron chi connectivity index (χ0n) is 11.5. The molecule has 0 aliphatic rings. The second-order valence-electron chi connectivity index (χ2n) is 4.76. The average molecular weight is 297 g/mol. The van der Waals surface area contributed by atoms with Gasteiger partial charge in [0, 0.05) is 5.69 Å². The van der Waals surface area contributed by atoms with Crippen LogP contribution in [-0.4, -0.2) is 15.9 Å². The number of aromatic amines is 1. The summed E-state index contributed by atoms with van der Waals surface area (Å²) in [5, 5.41) is 2.59. The molecule has 0 aliphatic heterocycles. The van der Waals surface area contributed by atoms with Crippen molar-refractivity contribution in [2.45, 2.75) is 6.42 Å². The van der Waals surface area contributed by atoms with Gasteiger partial charge in [-0.1, -0.05) is 12.1 Å². The van der Waals surface area contributed by atoms with Gasteiger partial charge in [-0.2, -0.15) is 0 Å². The number of aromatic nitrogens is 2. The maximum atomic E-state index is 12.8. The van der Waals surface area contributed by atoms with Gasteiger partial charge >= 0.3 is 0 Å². The van der Waals surface area contributed by atoms with Gasteiger partial charge in [0.15, 0.2) is 0 Å². The van der Waals surface area contributed by atoms with Gasteiger partial charge in [-0.15, -0.1) is 0 Å². The molecule has 5 nitrogen and oxygen atoms in total. The summed E-state index contributed by atoms with van der Waals surface area (Å²) in [5.74, 6) is -0.773. The zero-order chi connectivity index (χ0) is 15.5. The quantitative estimate of drug-likeness (QED) is 0.778. The Kier molecular flexibility index (Phi) is 3.65. The predicted octanol–water partition coefficient (Wildman–Crippen LogP) is 2.24. The molecule has 1 amide bonds. The van der Waals surface area contributed by atoms with E-state index in [4.69, 9.17) is 0 Å². The van der Waals surface area contributed by atoms with Crippen LogP contribution in [0.2, 0.25) is 0 Å². The van der Waals surface area contributed by atoms with Crippen molar-refractivity contribution in [2.75, 3.05) is 5.32 Å². The third-order valence-corrected chi connectivity index (χ3v) is 3.13. The summed E-state index contributed by atoms with van der Waals surface area (Å²) in [6, 6.07) is 12.5. The van der Waals surface area contributed by atoms with Crippen LogP contribution in [0.3, 0.4) is 0 Å². The topological polar surface area (TPSA) is 74.8 Å². The molecule has 0 unspecified atom stereocenters. The lowest BCUT2D eigenvalue weighted by molar-refractivity contribution is -0.115. The van der Waals surface area contributed by atoms with Crippen LogP contribution < -0.4 is 10.9 Å². The van der Waals surface area contributed by atoms with Gasteiger partial charge in [0.25, 0.3) is 5.56 Å². The molecule has 0 aliphatic carbocycles. The molecule has 1 heterocycles. The van der Waals surface area contributed by atoms with E-state index in [2.05, 4.69) is 15.3 Å². The molecule has 2 N–H and O–H groups in total. The largest absolute Gasteiger partial charge is 0.326 e. The SMILES string of the molecule is O=C(Cc1nc2ccccc2[nH]c1=O)Nc1ccc(F)cc1. The maximum absolute atomic E-state index is 12.8. The molecule has 0 bridgehead atoms. The van der Waals surface area contributed by atoms with Crippen LogP contribution in [0.5, 0.6) is 0 Å². The number of nitrogens with zero attached hydrogens (tertiary/aromatic N) is 1. The summed E-state index contributed by atoms with van der Waals surface area (Å²) >= 11 is 0. The number of carbonyl (C=O) groups is 1. The molecule has 110 valence electrons. The zero-order valence-corrected chi connectivity index (χ0v) is 11.5. The fraction of sp³-hybridized carbons (Fsp3) is 0.0625. The Hall–Kier alpha value is -3.02. The molecule has 0 fully saturated rings. The minimum Gasteiger partial charge on any atom is -0.326 e. The number of nitrogens with one attached hydrogen (secondary N) is 2. The molecular weight excluding hydrogens is 285 g/mol. The van der Waals surface area contributed by atoms with Gasteiger partial charge in [0.2, 0.25) is 5.91 Å². The first-order valence-electron chi connectivity index (χ1n) is 6.65. The standard InChI is InChI=1S/C16H12FN3O2/c17-10-5-7-11(8-6-10)18-15(21)9-14-16(22)20-13-4-2-1-3-12(13)19-14/h1-8H,9H2,(H,18,21)(H,20,22). The van der Waals surface area contributed by atoms with E-state index in [1.54, 1.807) is 24.3 Å². The molecule has 3 rings (SSSR count). The lowest BCUT2D eigenvalue weighted by Gasteiger charge is -2.05. The molecular formula is C16H12FN3O2. The van der Waals surface area contributed by atoms with Crippen molar-refractivity contribution < 1.29 is 9.18 Å². The lowest BCUT2D eigenvalue weighted by atomic mass is 10.2. The smallest absolute Gasteiger partial charge is 0.270 e. The van der Waals surface area contributed by atoms with Gasteiger partial charge in [0.05, 0.1) is 17.5 Å². The van der Waals surface area contributed by atoms with E-state index in [9.17, 15) is 14.0 Å². The van der Waals surface area contributed by atoms with E-state index in [-0.39, 0.29) is 23.8 Å². The number of amides is 1. The Morgan fingerprint density at radius 1 is 1.14 bits per heavy atom. The number of para-hydroxylation sites is 2. The molecule has 0 atom stereocenters. The minimum atomic E-state index is -0.395. The van der Waals surface area contributed by atoms with Gasteiger partial charge in [-0.3, -0.25) is 9.59 Å². The van der Waals surface area contributed by atoms with Crippen LogP contribution in [0, 0.1) is 5.82 Å². The van der Waals surface area contributed by atoms with Gasteiger partial charge in [-0.25, -0.2) is 9.37 Å². The normalized spacial score (nSPS) is 10.6. The van der Waals surface area contributed by atoms with Gasteiger partial charge in [-0.05, 0) is 36.4 Å². The fourth-order valence-electron chi connectivity index (χ4n) is 2.08. The van der Waals surface area contributed by atoms with Crippen LogP contribution in [-0.2, 0) is 11.2 Å². The molecule has 0 saturated carbocycles. The Bertz CT molecular complexity index is 888. The highest BCUT2D eigenvalue weighted by molar-refractivity contribution is 5.92. The van der Waals surface area contributed by atoms with Crippen molar-refractivity contribution in [1.82, 2.24) is 9.97 Å². The first-order valence-corrected chi connectivity index (χ1v) is 6.65. The molecule has 3 aromatic rings. The maximum Gasteiger partial charge on any atom is 0.270 e. The first kappa shape index (κ1) is 13.9. The number of H-pyrrole nitrogens is 1. The van der Waals surface area contributed by atoms with Crippen LogP contribution in [0.15, 0.2) is 53.3 Å². The number of rotatable bonds is 3. The fourth-order valence-corrected chi connectivity index (χ4v) is 2.08. The number of halogens is 1. The van der Waals surface area contributed by atoms with E-state index >= 15 is 0 Å². The highest BCUT2D eigenvalue weighted by Crippen LogP contribution is 2.09. The van der Waals surface area contributed by atoms with E-state index < -0.39 is 5.56 Å². The van der Waals surface area contributed by atoms with E-state index in [0.29, 0.717) is 16.7 Å². The Morgan fingerprint density at radius 3 is 2.64 bits per heavy atom. The van der Waals surface area contributed by atoms with Crippen molar-refractivity contribution in [2.24, 2.45) is 0 Å². The Labute approximate surface area is 124 Å². The summed E-state index contributed by atoms with van der Waals surface area (Å²) in [5.41, 5.74) is 1.44. The third kappa shape index (κ3) is 3.01. The number of carbonyl (C=O) groups excluding carboxylic acids is 1. The Morgan fingerprint density at radius 2 is 1.86 bits per heavy atom. The van der Waals surface area contributed by atoms with Gasteiger partial charge in [0.1, 0.15) is 11.5 Å². The number of benzene rings is 2. The summed E-state index contributed by atoms with van der Waals surface area (Å²) in [7, 11) is 0. The van der Waals surface area contributed by atoms with Gasteiger partial charge < -0.3 is 10.3 Å². The molecule has 6 heteroatoms. The van der Waals surface area contributed by atoms with Crippen LogP contribution in [0.4, 0.5) is 10.1 Å². The average Bonchev–Trinajstić information content (AvgIpc) is 2.50. The van der Waals surface area contributed by atoms with Crippen LogP contribution in [0.25, 0.3) is 11.0 Å². The van der Waals surface area contributed by atoms with Crippen LogP contribution >= 0.6 is 0 Å². The number of fused-ring (bicyclic) bond motifs is 1. The third-order valence-electron chi connectivity index (χ3n) is 3.13. The summed E-state index contributed by atoms with van der Waals surface area (Å²) in [6.07, 6.45) is -0.155. The van der Waals surface area contributed by atoms with Crippen LogP contribution in [0.1, 0.15) is 5.69 Å². The van der Waals surface area contributed by atoms with Crippen molar-refractivity contribution in [3.63, 3.8) is 0 Å². The van der Waals surface area contributed by atoms with E-state index in [1.807, 2.05) is 0 Å². The van der Waals surface area contributed by atoms with Crippen molar-refractivity contribution in [3.8, 4) is 0 Å². The monoisotopic (exact) mass is 297 g/mol. The molecule has 1 aromatic heterocycles. The molecule has 0 saturated heterocycles. The van der Waals surface area contributed by atoms with Crippen molar-refractivity contribution in [3.05, 3.63) is 70.4 Å². The van der Waals surface area contributed by atoms with Crippen molar-refractivity contribution >= 4 is 22.6 Å². The molecule has 2 aromatic carbocycles. The highest BCUT2D eigenvalue weighted by Gasteiger charge is 2.10.